The van der Waals surface area contributed by atoms with E-state index in [0.717, 1.165) is 25.3 Å². The van der Waals surface area contributed by atoms with E-state index >= 15 is 0 Å². The second-order valence-electron chi connectivity index (χ2n) is 4.47. The van der Waals surface area contributed by atoms with Gasteiger partial charge in [-0.25, -0.2) is 0 Å². The van der Waals surface area contributed by atoms with Gasteiger partial charge in [-0.15, -0.1) is 0 Å². The highest BCUT2D eigenvalue weighted by molar-refractivity contribution is 6.29. The Morgan fingerprint density at radius 2 is 2.18 bits per heavy atom. The fourth-order valence-corrected chi connectivity index (χ4v) is 2.42. The molecular formula is C12H18ClN3O. The van der Waals surface area contributed by atoms with E-state index in [1.165, 1.54) is 0 Å². The summed E-state index contributed by atoms with van der Waals surface area (Å²) in [6.45, 7) is 5.29. The summed E-state index contributed by atoms with van der Waals surface area (Å²) in [4.78, 5) is 8.86. The van der Waals surface area contributed by atoms with Gasteiger partial charge in [-0.05, 0) is 26.1 Å². The van der Waals surface area contributed by atoms with Crippen molar-refractivity contribution >= 4 is 17.3 Å². The number of rotatable bonds is 2. The molecule has 0 amide bonds. The fraction of sp³-hybridized carbons (Fsp3) is 0.583. The minimum absolute atomic E-state index is 0.450. The third-order valence-corrected chi connectivity index (χ3v) is 3.35. The lowest BCUT2D eigenvalue weighted by Crippen LogP contribution is -2.50. The number of halogens is 1. The van der Waals surface area contributed by atoms with Crippen molar-refractivity contribution in [2.24, 2.45) is 0 Å². The topological polar surface area (TPSA) is 28.6 Å². The van der Waals surface area contributed by atoms with E-state index in [-0.39, 0.29) is 0 Å². The van der Waals surface area contributed by atoms with E-state index in [0.29, 0.717) is 17.1 Å². The van der Waals surface area contributed by atoms with Crippen LogP contribution in [0.2, 0.25) is 5.15 Å². The smallest absolute Gasteiger partial charge is 0.238 e. The molecule has 1 aromatic heterocycles. The first-order valence-electron chi connectivity index (χ1n) is 5.77. The second-order valence-corrected chi connectivity index (χ2v) is 4.85. The third-order valence-electron chi connectivity index (χ3n) is 3.14. The van der Waals surface area contributed by atoms with Crippen molar-refractivity contribution in [3.05, 3.63) is 17.3 Å². The molecule has 94 valence electrons. The SMILES string of the molecule is COc1nc(Cl)ccc1N1CCN(C)CC1C. The van der Waals surface area contributed by atoms with Crippen molar-refractivity contribution in [1.29, 1.82) is 0 Å². The molecule has 1 unspecified atom stereocenters. The maximum absolute atomic E-state index is 5.88. The Morgan fingerprint density at radius 1 is 1.41 bits per heavy atom. The van der Waals surface area contributed by atoms with Gasteiger partial charge in [0.1, 0.15) is 10.8 Å². The molecule has 1 atom stereocenters. The van der Waals surface area contributed by atoms with Crippen molar-refractivity contribution in [2.45, 2.75) is 13.0 Å². The zero-order chi connectivity index (χ0) is 12.4. The number of piperazine rings is 1. The van der Waals surface area contributed by atoms with Crippen molar-refractivity contribution in [2.75, 3.05) is 38.7 Å². The van der Waals surface area contributed by atoms with E-state index in [4.69, 9.17) is 16.3 Å². The molecule has 0 bridgehead atoms. The van der Waals surface area contributed by atoms with Crippen molar-refractivity contribution in [3.63, 3.8) is 0 Å². The van der Waals surface area contributed by atoms with Gasteiger partial charge in [0.25, 0.3) is 0 Å². The van der Waals surface area contributed by atoms with Gasteiger partial charge < -0.3 is 14.5 Å². The Morgan fingerprint density at radius 3 is 2.82 bits per heavy atom. The molecule has 0 saturated carbocycles. The summed E-state index contributed by atoms with van der Waals surface area (Å²) in [5, 5.41) is 0.465. The summed E-state index contributed by atoms with van der Waals surface area (Å²) in [5.41, 5.74) is 1.03. The number of hydrogen-bond donors (Lipinski definition) is 0. The molecular weight excluding hydrogens is 238 g/mol. The number of likely N-dealkylation sites (N-methyl/N-ethyl adjacent to an activating group) is 1. The number of pyridine rings is 1. The van der Waals surface area contributed by atoms with Gasteiger partial charge in [0.2, 0.25) is 5.88 Å². The summed E-state index contributed by atoms with van der Waals surface area (Å²) in [5.74, 6) is 0.605. The van der Waals surface area contributed by atoms with Gasteiger partial charge in [-0.3, -0.25) is 0 Å². The Hall–Kier alpha value is -1.00. The van der Waals surface area contributed by atoms with Crippen molar-refractivity contribution < 1.29 is 4.74 Å². The fourth-order valence-electron chi connectivity index (χ4n) is 2.28. The molecule has 1 aliphatic rings. The molecule has 0 radical (unpaired) electrons. The predicted octanol–water partition coefficient (Wildman–Crippen LogP) is 1.88. The van der Waals surface area contributed by atoms with Crippen LogP contribution in [0.1, 0.15) is 6.92 Å². The van der Waals surface area contributed by atoms with Crippen LogP contribution >= 0.6 is 11.6 Å². The zero-order valence-corrected chi connectivity index (χ0v) is 11.2. The summed E-state index contributed by atoms with van der Waals surface area (Å²) in [6, 6.07) is 4.24. The molecule has 0 aliphatic carbocycles. The highest BCUT2D eigenvalue weighted by Crippen LogP contribution is 2.30. The van der Waals surface area contributed by atoms with Crippen LogP contribution in [0.5, 0.6) is 5.88 Å². The lowest BCUT2D eigenvalue weighted by atomic mass is 10.2. The van der Waals surface area contributed by atoms with Crippen LogP contribution in [0.25, 0.3) is 0 Å². The number of anilines is 1. The molecule has 0 aromatic carbocycles. The first kappa shape index (κ1) is 12.5. The van der Waals surface area contributed by atoms with E-state index in [1.807, 2.05) is 12.1 Å². The number of ether oxygens (including phenoxy) is 1. The molecule has 1 fully saturated rings. The Balaban J connectivity index is 2.27. The van der Waals surface area contributed by atoms with Crippen molar-refractivity contribution in [3.8, 4) is 5.88 Å². The van der Waals surface area contributed by atoms with E-state index in [1.54, 1.807) is 7.11 Å². The number of methoxy groups -OCH3 is 1. The Labute approximate surface area is 107 Å². The lowest BCUT2D eigenvalue weighted by Gasteiger charge is -2.39. The van der Waals surface area contributed by atoms with E-state index < -0.39 is 0 Å². The minimum Gasteiger partial charge on any atom is -0.479 e. The molecule has 4 nitrogen and oxygen atoms in total. The monoisotopic (exact) mass is 255 g/mol. The van der Waals surface area contributed by atoms with Gasteiger partial charge in [0.15, 0.2) is 0 Å². The molecule has 1 aromatic rings. The first-order chi connectivity index (χ1) is 8.11. The number of nitrogens with zero attached hydrogens (tertiary/aromatic N) is 3. The molecule has 2 rings (SSSR count). The third kappa shape index (κ3) is 2.64. The lowest BCUT2D eigenvalue weighted by molar-refractivity contribution is 0.273. The van der Waals surface area contributed by atoms with Crippen LogP contribution in [-0.4, -0.2) is 49.7 Å². The molecule has 5 heteroatoms. The average molecular weight is 256 g/mol. The average Bonchev–Trinajstić information content (AvgIpc) is 2.30. The summed E-state index contributed by atoms with van der Waals surface area (Å²) < 4.78 is 5.30. The van der Waals surface area contributed by atoms with Gasteiger partial charge in [0.05, 0.1) is 7.11 Å². The van der Waals surface area contributed by atoms with Crippen LogP contribution in [0.4, 0.5) is 5.69 Å². The highest BCUT2D eigenvalue weighted by atomic mass is 35.5. The molecule has 2 heterocycles. The molecule has 1 saturated heterocycles. The maximum Gasteiger partial charge on any atom is 0.238 e. The quantitative estimate of drug-likeness (QED) is 0.755. The molecule has 17 heavy (non-hydrogen) atoms. The van der Waals surface area contributed by atoms with E-state index in [2.05, 4.69) is 28.8 Å². The maximum atomic E-state index is 5.88. The van der Waals surface area contributed by atoms with Crippen LogP contribution in [0.15, 0.2) is 12.1 Å². The largest absolute Gasteiger partial charge is 0.479 e. The standard InChI is InChI=1S/C12H18ClN3O/c1-9-8-15(2)6-7-16(9)10-4-5-11(13)14-12(10)17-3/h4-5,9H,6-8H2,1-3H3. The highest BCUT2D eigenvalue weighted by Gasteiger charge is 2.24. The van der Waals surface area contributed by atoms with Gasteiger partial charge in [0, 0.05) is 25.7 Å². The normalized spacial score (nSPS) is 21.6. The van der Waals surface area contributed by atoms with Gasteiger partial charge >= 0.3 is 0 Å². The number of hydrogen-bond acceptors (Lipinski definition) is 4. The van der Waals surface area contributed by atoms with Crippen LogP contribution in [0.3, 0.4) is 0 Å². The summed E-state index contributed by atoms with van der Waals surface area (Å²) in [7, 11) is 3.77. The van der Waals surface area contributed by atoms with E-state index in [9.17, 15) is 0 Å². The molecule has 1 aliphatic heterocycles. The molecule has 0 N–H and O–H groups in total. The Bertz CT molecular complexity index is 399. The van der Waals surface area contributed by atoms with Crippen molar-refractivity contribution in [1.82, 2.24) is 9.88 Å². The summed E-state index contributed by atoms with van der Waals surface area (Å²) >= 11 is 5.88. The predicted molar refractivity (Wildman–Crippen MR) is 70.1 cm³/mol. The summed E-state index contributed by atoms with van der Waals surface area (Å²) in [6.07, 6.45) is 0. The second kappa shape index (κ2) is 5.10. The van der Waals surface area contributed by atoms with Gasteiger partial charge in [-0.2, -0.15) is 4.98 Å². The number of aromatic nitrogens is 1. The van der Waals surface area contributed by atoms with Gasteiger partial charge in [-0.1, -0.05) is 11.6 Å². The van der Waals surface area contributed by atoms with Crippen LogP contribution < -0.4 is 9.64 Å². The molecule has 0 spiro atoms. The Kier molecular flexibility index (Phi) is 3.74. The first-order valence-corrected chi connectivity index (χ1v) is 6.15. The van der Waals surface area contributed by atoms with Crippen LogP contribution in [-0.2, 0) is 0 Å². The minimum atomic E-state index is 0.450. The van der Waals surface area contributed by atoms with Crippen LogP contribution in [0, 0.1) is 0 Å². The zero-order valence-electron chi connectivity index (χ0n) is 10.5.